The number of rotatable bonds is 4. The zero-order valence-electron chi connectivity index (χ0n) is 9.06. The molecule has 0 unspecified atom stereocenters. The molecule has 0 saturated heterocycles. The molecule has 4 heteroatoms. The predicted octanol–water partition coefficient (Wildman–Crippen LogP) is 3.54. The van der Waals surface area contributed by atoms with Crippen LogP contribution in [0.5, 0.6) is 0 Å². The molecule has 0 aliphatic rings. The van der Waals surface area contributed by atoms with E-state index in [2.05, 4.69) is 51.1 Å². The van der Waals surface area contributed by atoms with Gasteiger partial charge in [0.15, 0.2) is 0 Å². The molecule has 16 heavy (non-hydrogen) atoms. The number of aromatic nitrogens is 1. The summed E-state index contributed by atoms with van der Waals surface area (Å²) in [7, 11) is 2.11. The van der Waals surface area contributed by atoms with Gasteiger partial charge in [0.1, 0.15) is 0 Å². The number of thiophene rings is 1. The highest BCUT2D eigenvalue weighted by atomic mass is 79.9. The van der Waals surface area contributed by atoms with Gasteiger partial charge >= 0.3 is 0 Å². The first kappa shape index (κ1) is 11.8. The highest BCUT2D eigenvalue weighted by Crippen LogP contribution is 2.23. The van der Waals surface area contributed by atoms with Crippen molar-refractivity contribution >= 4 is 27.3 Å². The average Bonchev–Trinajstić information content (AvgIpc) is 2.65. The lowest BCUT2D eigenvalue weighted by atomic mass is 10.3. The predicted molar refractivity (Wildman–Crippen MR) is 71.4 cm³/mol. The first-order valence-corrected chi connectivity index (χ1v) is 6.67. The Morgan fingerprint density at radius 3 is 2.75 bits per heavy atom. The minimum Gasteiger partial charge on any atom is -0.295 e. The molecule has 2 nitrogen and oxygen atoms in total. The number of pyridine rings is 1. The van der Waals surface area contributed by atoms with Crippen LogP contribution >= 0.6 is 27.3 Å². The lowest BCUT2D eigenvalue weighted by molar-refractivity contribution is 0.318. The van der Waals surface area contributed by atoms with E-state index in [1.54, 1.807) is 11.3 Å². The Morgan fingerprint density at radius 1 is 1.25 bits per heavy atom. The van der Waals surface area contributed by atoms with Crippen LogP contribution in [0, 0.1) is 0 Å². The molecule has 0 aliphatic heterocycles. The van der Waals surface area contributed by atoms with Crippen molar-refractivity contribution in [1.82, 2.24) is 9.88 Å². The normalized spacial score (nSPS) is 10.9. The van der Waals surface area contributed by atoms with Gasteiger partial charge in [-0.3, -0.25) is 9.88 Å². The SMILES string of the molecule is CN(Cc1ccccn1)Cc1ccc(Br)s1. The fraction of sp³-hybridized carbons (Fsp3) is 0.250. The lowest BCUT2D eigenvalue weighted by Gasteiger charge is -2.14. The second-order valence-electron chi connectivity index (χ2n) is 3.70. The van der Waals surface area contributed by atoms with E-state index in [1.807, 2.05) is 18.3 Å². The van der Waals surface area contributed by atoms with Crippen LogP contribution in [0.1, 0.15) is 10.6 Å². The van der Waals surface area contributed by atoms with Gasteiger partial charge in [0.05, 0.1) is 9.48 Å². The summed E-state index contributed by atoms with van der Waals surface area (Å²) in [5.74, 6) is 0. The summed E-state index contributed by atoms with van der Waals surface area (Å²) in [5.41, 5.74) is 1.11. The topological polar surface area (TPSA) is 16.1 Å². The molecule has 0 spiro atoms. The number of halogens is 1. The Balaban J connectivity index is 1.92. The van der Waals surface area contributed by atoms with Crippen molar-refractivity contribution in [3.05, 3.63) is 50.9 Å². The van der Waals surface area contributed by atoms with Gasteiger partial charge in [0, 0.05) is 24.2 Å². The Kier molecular flexibility index (Phi) is 4.09. The third-order valence-electron chi connectivity index (χ3n) is 2.21. The second-order valence-corrected chi connectivity index (χ2v) is 6.25. The van der Waals surface area contributed by atoms with Crippen molar-refractivity contribution in [1.29, 1.82) is 0 Å². The summed E-state index contributed by atoms with van der Waals surface area (Å²) in [6.45, 7) is 1.85. The van der Waals surface area contributed by atoms with Crippen LogP contribution in [0.25, 0.3) is 0 Å². The zero-order chi connectivity index (χ0) is 11.4. The van der Waals surface area contributed by atoms with Gasteiger partial charge in [-0.05, 0) is 47.2 Å². The summed E-state index contributed by atoms with van der Waals surface area (Å²) in [4.78, 5) is 7.95. The van der Waals surface area contributed by atoms with Crippen molar-refractivity contribution in [2.75, 3.05) is 7.05 Å². The molecule has 0 amide bonds. The third-order valence-corrected chi connectivity index (χ3v) is 3.82. The maximum Gasteiger partial charge on any atom is 0.0701 e. The summed E-state index contributed by atoms with van der Waals surface area (Å²) in [6.07, 6.45) is 1.84. The van der Waals surface area contributed by atoms with E-state index in [0.29, 0.717) is 0 Å². The van der Waals surface area contributed by atoms with Gasteiger partial charge in [-0.1, -0.05) is 6.07 Å². The highest BCUT2D eigenvalue weighted by molar-refractivity contribution is 9.11. The van der Waals surface area contributed by atoms with Crippen molar-refractivity contribution in [2.45, 2.75) is 13.1 Å². The first-order chi connectivity index (χ1) is 7.74. The Hall–Kier alpha value is -0.710. The largest absolute Gasteiger partial charge is 0.295 e. The maximum absolute atomic E-state index is 4.32. The molecule has 84 valence electrons. The average molecular weight is 297 g/mol. The number of hydrogen-bond acceptors (Lipinski definition) is 3. The van der Waals surface area contributed by atoms with Crippen LogP contribution in [0.2, 0.25) is 0 Å². The summed E-state index contributed by atoms with van der Waals surface area (Å²) in [5, 5.41) is 0. The summed E-state index contributed by atoms with van der Waals surface area (Å²) >= 11 is 5.26. The Morgan fingerprint density at radius 2 is 2.12 bits per heavy atom. The molecule has 0 radical (unpaired) electrons. The van der Waals surface area contributed by atoms with Crippen LogP contribution in [-0.2, 0) is 13.1 Å². The molecular formula is C12H13BrN2S. The molecule has 2 aromatic rings. The van der Waals surface area contributed by atoms with Gasteiger partial charge < -0.3 is 0 Å². The first-order valence-electron chi connectivity index (χ1n) is 5.07. The fourth-order valence-electron chi connectivity index (χ4n) is 1.53. The van der Waals surface area contributed by atoms with E-state index in [4.69, 9.17) is 0 Å². The molecule has 2 heterocycles. The quantitative estimate of drug-likeness (QED) is 0.858. The molecule has 2 rings (SSSR count). The van der Waals surface area contributed by atoms with Crippen LogP contribution in [0.3, 0.4) is 0 Å². The monoisotopic (exact) mass is 296 g/mol. The standard InChI is InChI=1S/C12H13BrN2S/c1-15(8-10-4-2-3-7-14-10)9-11-5-6-12(13)16-11/h2-7H,8-9H2,1H3. The lowest BCUT2D eigenvalue weighted by Crippen LogP contribution is -2.17. The van der Waals surface area contributed by atoms with E-state index in [9.17, 15) is 0 Å². The van der Waals surface area contributed by atoms with Gasteiger partial charge in [0.2, 0.25) is 0 Å². The minimum atomic E-state index is 0.885. The maximum atomic E-state index is 4.32. The number of nitrogens with zero attached hydrogens (tertiary/aromatic N) is 2. The van der Waals surface area contributed by atoms with E-state index < -0.39 is 0 Å². The fourth-order valence-corrected chi connectivity index (χ4v) is 3.09. The van der Waals surface area contributed by atoms with Crippen LogP contribution in [-0.4, -0.2) is 16.9 Å². The molecule has 0 atom stereocenters. The molecule has 0 saturated carbocycles. The van der Waals surface area contributed by atoms with Gasteiger partial charge in [0.25, 0.3) is 0 Å². The van der Waals surface area contributed by atoms with Crippen molar-refractivity contribution in [3.63, 3.8) is 0 Å². The van der Waals surface area contributed by atoms with Gasteiger partial charge in [-0.25, -0.2) is 0 Å². The van der Waals surface area contributed by atoms with Gasteiger partial charge in [-0.2, -0.15) is 0 Å². The van der Waals surface area contributed by atoms with Crippen LogP contribution in [0.15, 0.2) is 40.3 Å². The van der Waals surface area contributed by atoms with Crippen molar-refractivity contribution < 1.29 is 0 Å². The smallest absolute Gasteiger partial charge is 0.0701 e. The molecule has 0 N–H and O–H groups in total. The van der Waals surface area contributed by atoms with Crippen LogP contribution in [0.4, 0.5) is 0 Å². The van der Waals surface area contributed by atoms with E-state index in [-0.39, 0.29) is 0 Å². The van der Waals surface area contributed by atoms with Crippen LogP contribution < -0.4 is 0 Å². The zero-order valence-corrected chi connectivity index (χ0v) is 11.5. The minimum absolute atomic E-state index is 0.885. The highest BCUT2D eigenvalue weighted by Gasteiger charge is 2.04. The number of hydrogen-bond donors (Lipinski definition) is 0. The second kappa shape index (κ2) is 5.57. The Bertz CT molecular complexity index is 441. The van der Waals surface area contributed by atoms with Crippen molar-refractivity contribution in [2.24, 2.45) is 0 Å². The molecule has 2 aromatic heterocycles. The molecule has 0 fully saturated rings. The summed E-state index contributed by atoms with van der Waals surface area (Å²) in [6, 6.07) is 10.3. The molecule has 0 aliphatic carbocycles. The molecule has 0 bridgehead atoms. The molecular weight excluding hydrogens is 284 g/mol. The van der Waals surface area contributed by atoms with E-state index >= 15 is 0 Å². The van der Waals surface area contributed by atoms with Crippen molar-refractivity contribution in [3.8, 4) is 0 Å². The molecule has 0 aromatic carbocycles. The van der Waals surface area contributed by atoms with E-state index in [0.717, 1.165) is 18.8 Å². The Labute approximate surface area is 108 Å². The third kappa shape index (κ3) is 3.40. The van der Waals surface area contributed by atoms with E-state index in [1.165, 1.54) is 8.66 Å². The van der Waals surface area contributed by atoms with Gasteiger partial charge in [-0.15, -0.1) is 11.3 Å². The summed E-state index contributed by atoms with van der Waals surface area (Å²) < 4.78 is 1.19.